The number of aliphatic carboxylic acids is 1. The number of carbonyl (C=O) groups excluding carboxylic acids is 2. The largest absolute Gasteiger partial charge is 0.480 e. The van der Waals surface area contributed by atoms with Gasteiger partial charge in [-0.2, -0.15) is 0 Å². The van der Waals surface area contributed by atoms with Crippen molar-refractivity contribution in [1.29, 1.82) is 0 Å². The van der Waals surface area contributed by atoms with Crippen LogP contribution in [0.1, 0.15) is 57.0 Å². The topological polar surface area (TPSA) is 95.5 Å². The van der Waals surface area contributed by atoms with Crippen molar-refractivity contribution < 1.29 is 28.3 Å². The van der Waals surface area contributed by atoms with Crippen molar-refractivity contribution in [2.75, 3.05) is 0 Å². The fourth-order valence-corrected chi connectivity index (χ4v) is 2.54. The van der Waals surface area contributed by atoms with Crippen LogP contribution in [0.5, 0.6) is 0 Å². The second-order valence-corrected chi connectivity index (χ2v) is 8.05. The highest BCUT2D eigenvalue weighted by Crippen LogP contribution is 2.22. The lowest BCUT2D eigenvalue weighted by atomic mass is 9.86. The van der Waals surface area contributed by atoms with E-state index in [0.29, 0.717) is 5.56 Å². The van der Waals surface area contributed by atoms with E-state index in [1.165, 1.54) is 0 Å². The van der Waals surface area contributed by atoms with Gasteiger partial charge in [0, 0.05) is 12.0 Å². The van der Waals surface area contributed by atoms with Crippen molar-refractivity contribution in [3.05, 3.63) is 35.4 Å². The fourth-order valence-electron chi connectivity index (χ4n) is 2.54. The molecule has 0 aliphatic heterocycles. The zero-order valence-corrected chi connectivity index (χ0v) is 16.8. The predicted molar refractivity (Wildman–Crippen MR) is 101 cm³/mol. The van der Waals surface area contributed by atoms with Gasteiger partial charge in [0.2, 0.25) is 12.3 Å². The van der Waals surface area contributed by atoms with Gasteiger partial charge in [0.15, 0.2) is 0 Å². The van der Waals surface area contributed by atoms with Gasteiger partial charge >= 0.3 is 5.97 Å². The maximum atomic E-state index is 12.5. The van der Waals surface area contributed by atoms with Crippen LogP contribution in [0.3, 0.4) is 0 Å². The van der Waals surface area contributed by atoms with Crippen molar-refractivity contribution in [3.63, 3.8) is 0 Å². The number of carbonyl (C=O) groups is 3. The Morgan fingerprint density at radius 3 is 1.96 bits per heavy atom. The van der Waals surface area contributed by atoms with Crippen LogP contribution in [0.4, 0.5) is 8.78 Å². The summed E-state index contributed by atoms with van der Waals surface area (Å²) in [6.45, 7) is 9.45. The summed E-state index contributed by atoms with van der Waals surface area (Å²) < 4.78 is 25.0. The minimum Gasteiger partial charge on any atom is -0.480 e. The highest BCUT2D eigenvalue weighted by molar-refractivity contribution is 5.98. The number of carboxylic acids is 1. The van der Waals surface area contributed by atoms with Crippen LogP contribution < -0.4 is 10.6 Å². The molecule has 0 saturated heterocycles. The highest BCUT2D eigenvalue weighted by atomic mass is 19.3. The van der Waals surface area contributed by atoms with Gasteiger partial charge in [0.25, 0.3) is 5.91 Å². The van der Waals surface area contributed by atoms with E-state index in [1.807, 2.05) is 32.9 Å². The number of carboxylic acid groups (broad SMARTS) is 1. The number of hydrogen-bond acceptors (Lipinski definition) is 3. The van der Waals surface area contributed by atoms with Crippen molar-refractivity contribution in [2.45, 2.75) is 65.0 Å². The minimum atomic E-state index is -2.88. The van der Waals surface area contributed by atoms with Gasteiger partial charge in [0.1, 0.15) is 12.1 Å². The number of amides is 2. The molecule has 0 aliphatic carbocycles. The van der Waals surface area contributed by atoms with Crippen LogP contribution in [0.15, 0.2) is 24.3 Å². The Morgan fingerprint density at radius 2 is 1.57 bits per heavy atom. The molecule has 2 amide bonds. The molecule has 0 spiro atoms. The number of hydrogen-bond donors (Lipinski definition) is 3. The third kappa shape index (κ3) is 6.90. The van der Waals surface area contributed by atoms with Crippen LogP contribution in [-0.4, -0.2) is 41.4 Å². The van der Waals surface area contributed by atoms with Gasteiger partial charge < -0.3 is 15.7 Å². The molecule has 2 unspecified atom stereocenters. The maximum Gasteiger partial charge on any atom is 0.326 e. The molecule has 0 aliphatic rings. The average Bonchev–Trinajstić information content (AvgIpc) is 2.57. The molecule has 1 aromatic carbocycles. The minimum absolute atomic E-state index is 0.0775. The second-order valence-electron chi connectivity index (χ2n) is 8.05. The monoisotopic (exact) mass is 398 g/mol. The second kappa shape index (κ2) is 9.61. The summed E-state index contributed by atoms with van der Waals surface area (Å²) >= 11 is 0. The van der Waals surface area contributed by atoms with Crippen LogP contribution in [0.25, 0.3) is 0 Å². The van der Waals surface area contributed by atoms with E-state index in [-0.39, 0.29) is 11.3 Å². The first-order valence-corrected chi connectivity index (χ1v) is 9.05. The molecule has 0 aromatic heterocycles. The van der Waals surface area contributed by atoms with E-state index in [9.17, 15) is 23.2 Å². The smallest absolute Gasteiger partial charge is 0.326 e. The molecule has 2 atom stereocenters. The van der Waals surface area contributed by atoms with Crippen molar-refractivity contribution in [3.8, 4) is 0 Å². The highest BCUT2D eigenvalue weighted by Gasteiger charge is 2.30. The summed E-state index contributed by atoms with van der Waals surface area (Å²) in [6, 6.07) is 4.14. The first kappa shape index (κ1) is 23.5. The van der Waals surface area contributed by atoms with Crippen molar-refractivity contribution in [1.82, 2.24) is 10.6 Å². The molecule has 6 nitrogen and oxygen atoms in total. The van der Waals surface area contributed by atoms with E-state index < -0.39 is 42.7 Å². The Hall–Kier alpha value is -2.51. The Labute approximate surface area is 163 Å². The van der Waals surface area contributed by atoms with Gasteiger partial charge in [-0.05, 0) is 29.0 Å². The lowest BCUT2D eigenvalue weighted by molar-refractivity contribution is -0.143. The van der Waals surface area contributed by atoms with E-state index in [4.69, 9.17) is 5.11 Å². The first-order chi connectivity index (χ1) is 12.8. The fraction of sp³-hybridized carbons (Fsp3) is 0.550. The first-order valence-electron chi connectivity index (χ1n) is 9.05. The Balaban J connectivity index is 2.89. The standard InChI is InChI=1S/C20H28F2N2O4/c1-11(2)16(18(26)23-14(19(27)28)10-15(21)22)24-17(25)12-6-8-13(9-7-12)20(3,4)5/h6-9,11,14-16H,10H2,1-5H3,(H,23,26)(H,24,25)(H,27,28). The third-order valence-electron chi connectivity index (χ3n) is 4.28. The van der Waals surface area contributed by atoms with Crippen molar-refractivity contribution in [2.24, 2.45) is 5.92 Å². The third-order valence-corrected chi connectivity index (χ3v) is 4.28. The number of benzene rings is 1. The maximum absolute atomic E-state index is 12.5. The van der Waals surface area contributed by atoms with E-state index >= 15 is 0 Å². The van der Waals surface area contributed by atoms with Crippen molar-refractivity contribution >= 4 is 17.8 Å². The molecule has 28 heavy (non-hydrogen) atoms. The average molecular weight is 398 g/mol. The molecule has 3 N–H and O–H groups in total. The van der Waals surface area contributed by atoms with Crippen LogP contribution >= 0.6 is 0 Å². The molecule has 0 bridgehead atoms. The van der Waals surface area contributed by atoms with Crippen LogP contribution in [0.2, 0.25) is 0 Å². The number of halogens is 2. The summed E-state index contributed by atoms with van der Waals surface area (Å²) in [4.78, 5) is 36.0. The zero-order chi connectivity index (χ0) is 21.6. The number of nitrogens with one attached hydrogen (secondary N) is 2. The number of rotatable bonds is 8. The lowest BCUT2D eigenvalue weighted by Gasteiger charge is -2.24. The summed E-state index contributed by atoms with van der Waals surface area (Å²) in [7, 11) is 0. The Bertz CT molecular complexity index is 697. The molecule has 0 fully saturated rings. The van der Waals surface area contributed by atoms with E-state index in [0.717, 1.165) is 5.56 Å². The molecule has 0 saturated carbocycles. The molecule has 8 heteroatoms. The molecule has 0 radical (unpaired) electrons. The van der Waals surface area contributed by atoms with Gasteiger partial charge in [-0.1, -0.05) is 46.8 Å². The molecule has 1 rings (SSSR count). The van der Waals surface area contributed by atoms with Crippen LogP contribution in [0, 0.1) is 5.92 Å². The zero-order valence-electron chi connectivity index (χ0n) is 16.8. The van der Waals surface area contributed by atoms with Gasteiger partial charge in [-0.15, -0.1) is 0 Å². The summed E-state index contributed by atoms with van der Waals surface area (Å²) in [5, 5.41) is 13.6. The molecular weight excluding hydrogens is 370 g/mol. The predicted octanol–water partition coefficient (Wildman–Crippen LogP) is 2.96. The SMILES string of the molecule is CC(C)C(NC(=O)c1ccc(C(C)(C)C)cc1)C(=O)NC(CC(F)F)C(=O)O. The summed E-state index contributed by atoms with van der Waals surface area (Å²) in [5.41, 5.74) is 1.30. The summed E-state index contributed by atoms with van der Waals surface area (Å²) in [5.74, 6) is -3.25. The van der Waals surface area contributed by atoms with E-state index in [2.05, 4.69) is 10.6 Å². The number of alkyl halides is 2. The quantitative estimate of drug-likeness (QED) is 0.627. The molecule has 156 valence electrons. The summed E-state index contributed by atoms with van der Waals surface area (Å²) in [6.07, 6.45) is -3.89. The Morgan fingerprint density at radius 1 is 1.04 bits per heavy atom. The normalized spacial score (nSPS) is 13.9. The molecule has 1 aromatic rings. The Kier molecular flexibility index (Phi) is 8.08. The van der Waals surface area contributed by atoms with Crippen LogP contribution in [-0.2, 0) is 15.0 Å². The molecule has 0 heterocycles. The van der Waals surface area contributed by atoms with E-state index in [1.54, 1.807) is 26.0 Å². The van der Waals surface area contributed by atoms with Gasteiger partial charge in [0.05, 0.1) is 0 Å². The molecular formula is C20H28F2N2O4. The lowest BCUT2D eigenvalue weighted by Crippen LogP contribution is -2.54. The van der Waals surface area contributed by atoms with Gasteiger partial charge in [-0.3, -0.25) is 9.59 Å². The van der Waals surface area contributed by atoms with Gasteiger partial charge in [-0.25, -0.2) is 13.6 Å².